The summed E-state index contributed by atoms with van der Waals surface area (Å²) in [4.78, 5) is 8.45. The molecule has 0 aromatic rings. The van der Waals surface area contributed by atoms with Crippen LogP contribution in [0.5, 0.6) is 0 Å². The predicted molar refractivity (Wildman–Crippen MR) is 81.2 cm³/mol. The normalized spacial score (nSPS) is 20.1. The highest BCUT2D eigenvalue weighted by molar-refractivity contribution is 5.65. The summed E-state index contributed by atoms with van der Waals surface area (Å²) >= 11 is 0. The molecule has 0 saturated carbocycles. The molecular formula is C16H20N2. The Balaban J connectivity index is 3.16. The van der Waals surface area contributed by atoms with Gasteiger partial charge in [-0.25, -0.2) is 0 Å². The van der Waals surface area contributed by atoms with Crippen LogP contribution in [-0.4, -0.2) is 12.9 Å². The highest BCUT2D eigenvalue weighted by atomic mass is 14.7. The Morgan fingerprint density at radius 1 is 1.44 bits per heavy atom. The maximum atomic E-state index is 4.37. The van der Waals surface area contributed by atoms with Crippen molar-refractivity contribution >= 4 is 12.9 Å². The quantitative estimate of drug-likeness (QED) is 0.653. The highest BCUT2D eigenvalue weighted by Gasteiger charge is 2.00. The molecule has 0 radical (unpaired) electrons. The fourth-order valence-electron chi connectivity index (χ4n) is 1.61. The van der Waals surface area contributed by atoms with Crippen LogP contribution >= 0.6 is 0 Å². The molecule has 1 rings (SSSR count). The third kappa shape index (κ3) is 4.50. The van der Waals surface area contributed by atoms with Gasteiger partial charge in [-0.1, -0.05) is 31.7 Å². The van der Waals surface area contributed by atoms with E-state index < -0.39 is 0 Å². The van der Waals surface area contributed by atoms with E-state index in [1.807, 2.05) is 31.4 Å². The summed E-state index contributed by atoms with van der Waals surface area (Å²) in [5.74, 6) is 0. The molecule has 0 fully saturated rings. The zero-order chi connectivity index (χ0) is 13.4. The Labute approximate surface area is 110 Å². The van der Waals surface area contributed by atoms with Gasteiger partial charge in [0.1, 0.15) is 0 Å². The second-order valence-electron chi connectivity index (χ2n) is 4.09. The Morgan fingerprint density at radius 3 is 2.89 bits per heavy atom. The van der Waals surface area contributed by atoms with E-state index in [2.05, 4.69) is 42.4 Å². The average Bonchev–Trinajstić information content (AvgIpc) is 2.35. The van der Waals surface area contributed by atoms with Crippen LogP contribution in [0.1, 0.15) is 26.7 Å². The molecule has 0 atom stereocenters. The van der Waals surface area contributed by atoms with Crippen LogP contribution < -0.4 is 0 Å². The molecule has 0 aromatic heterocycles. The van der Waals surface area contributed by atoms with E-state index in [4.69, 9.17) is 0 Å². The maximum absolute atomic E-state index is 4.37. The van der Waals surface area contributed by atoms with Crippen LogP contribution in [0.15, 0.2) is 69.5 Å². The molecule has 0 aliphatic carbocycles. The molecule has 2 nitrogen and oxygen atoms in total. The molecule has 2 heteroatoms. The van der Waals surface area contributed by atoms with Gasteiger partial charge in [-0.2, -0.15) is 0 Å². The number of hydrogen-bond donors (Lipinski definition) is 0. The van der Waals surface area contributed by atoms with Crippen molar-refractivity contribution in [3.8, 4) is 0 Å². The lowest BCUT2D eigenvalue weighted by Crippen LogP contribution is -1.89. The van der Waals surface area contributed by atoms with Gasteiger partial charge in [-0.05, 0) is 43.4 Å². The van der Waals surface area contributed by atoms with Crippen molar-refractivity contribution in [2.45, 2.75) is 26.7 Å². The second-order valence-corrected chi connectivity index (χ2v) is 4.09. The van der Waals surface area contributed by atoms with Gasteiger partial charge < -0.3 is 0 Å². The largest absolute Gasteiger partial charge is 0.266 e. The Morgan fingerprint density at radius 2 is 2.22 bits per heavy atom. The number of rotatable bonds is 3. The molecule has 1 aliphatic rings. The lowest BCUT2D eigenvalue weighted by atomic mass is 10.1. The van der Waals surface area contributed by atoms with E-state index in [1.165, 1.54) is 0 Å². The minimum absolute atomic E-state index is 0.757. The van der Waals surface area contributed by atoms with Crippen molar-refractivity contribution in [1.29, 1.82) is 0 Å². The fourth-order valence-corrected chi connectivity index (χ4v) is 1.61. The molecule has 0 amide bonds. The van der Waals surface area contributed by atoms with E-state index >= 15 is 0 Å². The van der Waals surface area contributed by atoms with E-state index in [-0.39, 0.29) is 0 Å². The summed E-state index contributed by atoms with van der Waals surface area (Å²) in [5.41, 5.74) is 3.86. The molecule has 0 spiro atoms. The number of aliphatic imine (C=N–C) groups is 2. The summed E-state index contributed by atoms with van der Waals surface area (Å²) in [6.45, 7) is 11.7. The summed E-state index contributed by atoms with van der Waals surface area (Å²) in [6.07, 6.45) is 13.7. The van der Waals surface area contributed by atoms with Crippen molar-refractivity contribution in [3.05, 3.63) is 59.5 Å². The van der Waals surface area contributed by atoms with Crippen LogP contribution in [0.2, 0.25) is 0 Å². The number of allylic oxidation sites excluding steroid dienone is 8. The van der Waals surface area contributed by atoms with Gasteiger partial charge in [0, 0.05) is 18.3 Å². The minimum Gasteiger partial charge on any atom is -0.266 e. The highest BCUT2D eigenvalue weighted by Crippen LogP contribution is 2.16. The van der Waals surface area contributed by atoms with Gasteiger partial charge in [-0.3, -0.25) is 9.98 Å². The van der Waals surface area contributed by atoms with Crippen molar-refractivity contribution < 1.29 is 0 Å². The molecule has 1 heterocycles. The molecule has 0 aromatic carbocycles. The first kappa shape index (κ1) is 14.1. The monoisotopic (exact) mass is 240 g/mol. The first-order valence-electron chi connectivity index (χ1n) is 6.11. The standard InChI is InChI=1S/C16H20N2/c1-5-6-7-15-10-11-18-14(3)12-13(2)8-9-16(15)17-4/h6-9,11-12H,2,4-5,10H2,1,3H3/b7-6-,9-8?,14-12-,16-15?,18-11?. The van der Waals surface area contributed by atoms with Crippen LogP contribution in [0.3, 0.4) is 0 Å². The topological polar surface area (TPSA) is 24.7 Å². The summed E-state index contributed by atoms with van der Waals surface area (Å²) in [7, 11) is 0. The maximum Gasteiger partial charge on any atom is 0.0658 e. The molecule has 0 saturated heterocycles. The number of nitrogens with zero attached hydrogens (tertiary/aromatic N) is 2. The van der Waals surface area contributed by atoms with Gasteiger partial charge in [0.25, 0.3) is 0 Å². The van der Waals surface area contributed by atoms with Crippen molar-refractivity contribution in [1.82, 2.24) is 0 Å². The third-order valence-corrected chi connectivity index (χ3v) is 2.51. The van der Waals surface area contributed by atoms with Gasteiger partial charge in [0.15, 0.2) is 0 Å². The Kier molecular flexibility index (Phi) is 5.78. The molecule has 94 valence electrons. The molecule has 0 unspecified atom stereocenters. The van der Waals surface area contributed by atoms with Crippen molar-refractivity contribution in [3.63, 3.8) is 0 Å². The fraction of sp³-hybridized carbons (Fsp3) is 0.250. The van der Waals surface area contributed by atoms with E-state index in [1.54, 1.807) is 0 Å². The average molecular weight is 240 g/mol. The van der Waals surface area contributed by atoms with E-state index in [9.17, 15) is 0 Å². The van der Waals surface area contributed by atoms with Gasteiger partial charge in [-0.15, -0.1) is 0 Å². The molecule has 0 bridgehead atoms. The molecule has 0 N–H and O–H groups in total. The zero-order valence-corrected chi connectivity index (χ0v) is 11.2. The van der Waals surface area contributed by atoms with Crippen LogP contribution in [-0.2, 0) is 0 Å². The Hall–Kier alpha value is -1.96. The van der Waals surface area contributed by atoms with Gasteiger partial charge in [0.2, 0.25) is 0 Å². The lowest BCUT2D eigenvalue weighted by Gasteiger charge is -2.04. The third-order valence-electron chi connectivity index (χ3n) is 2.51. The second kappa shape index (κ2) is 7.38. The molecule has 1 aliphatic heterocycles. The number of hydrogen-bond acceptors (Lipinski definition) is 2. The summed E-state index contributed by atoms with van der Waals surface area (Å²) in [6, 6.07) is 0. The zero-order valence-electron chi connectivity index (χ0n) is 11.2. The van der Waals surface area contributed by atoms with Crippen LogP contribution in [0.25, 0.3) is 0 Å². The predicted octanol–water partition coefficient (Wildman–Crippen LogP) is 4.40. The molecular weight excluding hydrogens is 220 g/mol. The van der Waals surface area contributed by atoms with E-state index in [0.29, 0.717) is 0 Å². The lowest BCUT2D eigenvalue weighted by molar-refractivity contribution is 1.19. The summed E-state index contributed by atoms with van der Waals surface area (Å²) in [5, 5.41) is 0. The Bertz CT molecular complexity index is 471. The van der Waals surface area contributed by atoms with Crippen molar-refractivity contribution in [2.75, 3.05) is 0 Å². The SMILES string of the molecule is C=NC1=C(/C=C\CC)CC=N/C(C)=C\C(=C)C=C1. The first-order chi connectivity index (χ1) is 8.67. The van der Waals surface area contributed by atoms with Gasteiger partial charge in [0.05, 0.1) is 5.70 Å². The van der Waals surface area contributed by atoms with Crippen LogP contribution in [0.4, 0.5) is 0 Å². The smallest absolute Gasteiger partial charge is 0.0658 e. The molecule has 18 heavy (non-hydrogen) atoms. The minimum atomic E-state index is 0.757. The van der Waals surface area contributed by atoms with Crippen LogP contribution in [0, 0.1) is 0 Å². The summed E-state index contributed by atoms with van der Waals surface area (Å²) < 4.78 is 0. The van der Waals surface area contributed by atoms with Gasteiger partial charge >= 0.3 is 0 Å². The van der Waals surface area contributed by atoms with Crippen molar-refractivity contribution in [2.24, 2.45) is 9.98 Å². The first-order valence-corrected chi connectivity index (χ1v) is 6.11. The van der Waals surface area contributed by atoms with E-state index in [0.717, 1.165) is 35.4 Å².